The lowest BCUT2D eigenvalue weighted by Crippen LogP contribution is -2.33. The predicted molar refractivity (Wildman–Crippen MR) is 231 cm³/mol. The van der Waals surface area contributed by atoms with Crippen LogP contribution in [0.2, 0.25) is 0 Å². The molecule has 8 aromatic carbocycles. The van der Waals surface area contributed by atoms with Gasteiger partial charge >= 0.3 is 0 Å². The van der Waals surface area contributed by atoms with Gasteiger partial charge in [0, 0.05) is 32.9 Å². The van der Waals surface area contributed by atoms with E-state index < -0.39 is 0 Å². The third-order valence-corrected chi connectivity index (χ3v) is 12.8. The maximum Gasteiger partial charge on any atom is 0.0549 e. The second-order valence-corrected chi connectivity index (χ2v) is 16.8. The minimum atomic E-state index is 0.0978. The third kappa shape index (κ3) is 4.40. The molecule has 0 saturated carbocycles. The van der Waals surface area contributed by atoms with Crippen LogP contribution in [0.3, 0.4) is 0 Å². The van der Waals surface area contributed by atoms with Crippen LogP contribution in [0.25, 0.3) is 87.7 Å². The average Bonchev–Trinajstić information content (AvgIpc) is 3.72. The van der Waals surface area contributed by atoms with Crippen LogP contribution in [0.15, 0.2) is 158 Å². The summed E-state index contributed by atoms with van der Waals surface area (Å²) in [6, 6.07) is 58.9. The van der Waals surface area contributed by atoms with Gasteiger partial charge in [0.1, 0.15) is 0 Å². The maximum absolute atomic E-state index is 2.58. The average molecular weight is 695 g/mol. The molecule has 0 unspecified atom stereocenters. The molecule has 260 valence electrons. The SMILES string of the molecule is CC1(C)CCC(C)(C)c2cc3c(cc21)c1c2c4c5ccccc5ccc4n(-c4ccc(-c5cccc6ccccc56)cc4)c2ccc1n3-c1ccccc1. The molecule has 10 aromatic rings. The first-order valence-corrected chi connectivity index (χ1v) is 19.4. The standard InChI is InChI=1S/C52H42N2/c1-51(2)29-30-52(3,4)43-32-47-41(31-42(43)51)49-45(54(47)36-16-6-5-7-17-36)27-28-46-50(49)48-40-19-11-9-14-34(40)23-26-44(48)53(46)37-24-21-35(22-25-37)39-20-12-15-33-13-8-10-18-38(33)39/h5-28,31-32H,29-30H2,1-4H3. The molecule has 0 amide bonds. The summed E-state index contributed by atoms with van der Waals surface area (Å²) >= 11 is 0. The fourth-order valence-corrected chi connectivity index (χ4v) is 9.84. The molecule has 0 spiro atoms. The highest BCUT2D eigenvalue weighted by Gasteiger charge is 2.38. The Morgan fingerprint density at radius 2 is 0.907 bits per heavy atom. The molecule has 0 fully saturated rings. The molecule has 1 aliphatic carbocycles. The zero-order chi connectivity index (χ0) is 36.3. The molecule has 2 heteroatoms. The molecule has 0 radical (unpaired) electrons. The van der Waals surface area contributed by atoms with E-state index in [9.17, 15) is 0 Å². The lowest BCUT2D eigenvalue weighted by molar-refractivity contribution is 0.332. The van der Waals surface area contributed by atoms with Gasteiger partial charge in [-0.15, -0.1) is 0 Å². The Hall–Kier alpha value is -6.12. The summed E-state index contributed by atoms with van der Waals surface area (Å²) in [6.07, 6.45) is 2.37. The largest absolute Gasteiger partial charge is 0.309 e. The lowest BCUT2D eigenvalue weighted by atomic mass is 9.63. The fourth-order valence-electron chi connectivity index (χ4n) is 9.84. The molecule has 2 aromatic heterocycles. The number of para-hydroxylation sites is 1. The monoisotopic (exact) mass is 694 g/mol. The number of rotatable bonds is 3. The van der Waals surface area contributed by atoms with E-state index in [0.717, 1.165) is 0 Å². The van der Waals surface area contributed by atoms with Gasteiger partial charge in [-0.05, 0) is 122 Å². The summed E-state index contributed by atoms with van der Waals surface area (Å²) < 4.78 is 5.02. The van der Waals surface area contributed by atoms with Crippen LogP contribution >= 0.6 is 0 Å². The van der Waals surface area contributed by atoms with Gasteiger partial charge in [-0.3, -0.25) is 0 Å². The minimum Gasteiger partial charge on any atom is -0.309 e. The normalized spacial score (nSPS) is 15.2. The summed E-state index contributed by atoms with van der Waals surface area (Å²) in [6.45, 7) is 9.76. The smallest absolute Gasteiger partial charge is 0.0549 e. The Labute approximate surface area is 315 Å². The van der Waals surface area contributed by atoms with Crippen molar-refractivity contribution in [3.8, 4) is 22.5 Å². The van der Waals surface area contributed by atoms with Gasteiger partial charge in [0.2, 0.25) is 0 Å². The summed E-state index contributed by atoms with van der Waals surface area (Å²) in [7, 11) is 0. The second-order valence-electron chi connectivity index (χ2n) is 16.8. The molecule has 54 heavy (non-hydrogen) atoms. The van der Waals surface area contributed by atoms with Crippen molar-refractivity contribution in [3.63, 3.8) is 0 Å². The van der Waals surface area contributed by atoms with E-state index in [0.29, 0.717) is 0 Å². The van der Waals surface area contributed by atoms with E-state index in [1.807, 2.05) is 0 Å². The zero-order valence-electron chi connectivity index (χ0n) is 31.3. The summed E-state index contributed by atoms with van der Waals surface area (Å²) in [4.78, 5) is 0. The summed E-state index contributed by atoms with van der Waals surface area (Å²) in [5.41, 5.74) is 13.0. The number of hydrogen-bond donors (Lipinski definition) is 0. The highest BCUT2D eigenvalue weighted by atomic mass is 15.0. The first kappa shape index (κ1) is 31.4. The molecule has 0 bridgehead atoms. The van der Waals surface area contributed by atoms with Gasteiger partial charge in [0.25, 0.3) is 0 Å². The van der Waals surface area contributed by atoms with E-state index in [4.69, 9.17) is 0 Å². The van der Waals surface area contributed by atoms with E-state index in [2.05, 4.69) is 195 Å². The quantitative estimate of drug-likeness (QED) is 0.174. The minimum absolute atomic E-state index is 0.0978. The van der Waals surface area contributed by atoms with Crippen LogP contribution in [-0.4, -0.2) is 9.13 Å². The van der Waals surface area contributed by atoms with Crippen LogP contribution < -0.4 is 0 Å². The molecule has 2 heterocycles. The van der Waals surface area contributed by atoms with Crippen LogP contribution in [0.1, 0.15) is 51.7 Å². The third-order valence-electron chi connectivity index (χ3n) is 12.8. The van der Waals surface area contributed by atoms with E-state index in [-0.39, 0.29) is 10.8 Å². The van der Waals surface area contributed by atoms with Crippen LogP contribution in [0.4, 0.5) is 0 Å². The molecule has 0 aliphatic heterocycles. The number of benzene rings is 8. The van der Waals surface area contributed by atoms with Crippen molar-refractivity contribution in [1.82, 2.24) is 9.13 Å². The number of fused-ring (bicyclic) bond motifs is 11. The van der Waals surface area contributed by atoms with Gasteiger partial charge in [-0.2, -0.15) is 0 Å². The molecule has 0 saturated heterocycles. The van der Waals surface area contributed by atoms with Gasteiger partial charge in [-0.25, -0.2) is 0 Å². The molecule has 0 N–H and O–H groups in total. The van der Waals surface area contributed by atoms with Gasteiger partial charge in [-0.1, -0.05) is 131 Å². The molecule has 0 atom stereocenters. The van der Waals surface area contributed by atoms with Crippen LogP contribution in [-0.2, 0) is 10.8 Å². The molecular weight excluding hydrogens is 653 g/mol. The van der Waals surface area contributed by atoms with Crippen LogP contribution in [0, 0.1) is 0 Å². The van der Waals surface area contributed by atoms with Crippen molar-refractivity contribution in [1.29, 1.82) is 0 Å². The number of aromatic nitrogens is 2. The van der Waals surface area contributed by atoms with Gasteiger partial charge in [0.05, 0.1) is 22.1 Å². The van der Waals surface area contributed by atoms with Crippen LogP contribution in [0.5, 0.6) is 0 Å². The zero-order valence-corrected chi connectivity index (χ0v) is 31.3. The molecule has 11 rings (SSSR count). The Morgan fingerprint density at radius 3 is 1.63 bits per heavy atom. The van der Waals surface area contributed by atoms with E-state index in [1.165, 1.54) is 112 Å². The predicted octanol–water partition coefficient (Wildman–Crippen LogP) is 14.2. The summed E-state index contributed by atoms with van der Waals surface area (Å²) in [5.74, 6) is 0. The van der Waals surface area contributed by atoms with Crippen molar-refractivity contribution < 1.29 is 0 Å². The highest BCUT2D eigenvalue weighted by molar-refractivity contribution is 6.33. The van der Waals surface area contributed by atoms with Gasteiger partial charge < -0.3 is 9.13 Å². The van der Waals surface area contributed by atoms with Gasteiger partial charge in [0.15, 0.2) is 0 Å². The molecular formula is C52H42N2. The number of nitrogens with zero attached hydrogens (tertiary/aromatic N) is 2. The lowest BCUT2D eigenvalue weighted by Gasteiger charge is -2.42. The van der Waals surface area contributed by atoms with Crippen molar-refractivity contribution >= 4 is 65.2 Å². The van der Waals surface area contributed by atoms with Crippen molar-refractivity contribution in [2.75, 3.05) is 0 Å². The topological polar surface area (TPSA) is 9.86 Å². The Morgan fingerprint density at radius 1 is 0.389 bits per heavy atom. The summed E-state index contributed by atoms with van der Waals surface area (Å²) in [5, 5.41) is 10.4. The first-order valence-electron chi connectivity index (χ1n) is 19.4. The Balaban J connectivity index is 1.27. The fraction of sp³-hybridized carbons (Fsp3) is 0.154. The number of hydrogen-bond acceptors (Lipinski definition) is 0. The molecule has 1 aliphatic rings. The highest BCUT2D eigenvalue weighted by Crippen LogP contribution is 2.50. The maximum atomic E-state index is 2.58. The first-order chi connectivity index (χ1) is 26.3. The van der Waals surface area contributed by atoms with E-state index >= 15 is 0 Å². The van der Waals surface area contributed by atoms with Crippen molar-refractivity contribution in [3.05, 3.63) is 169 Å². The molecule has 2 nitrogen and oxygen atoms in total. The Kier molecular flexibility index (Phi) is 6.51. The second kappa shape index (κ2) is 11.2. The van der Waals surface area contributed by atoms with E-state index in [1.54, 1.807) is 0 Å². The Bertz CT molecular complexity index is 3130. The van der Waals surface area contributed by atoms with Crippen molar-refractivity contribution in [2.24, 2.45) is 0 Å². The van der Waals surface area contributed by atoms with Crippen molar-refractivity contribution in [2.45, 2.75) is 51.4 Å².